The highest BCUT2D eigenvalue weighted by molar-refractivity contribution is 5.21. The Kier molecular flexibility index (Phi) is 4.68. The summed E-state index contributed by atoms with van der Waals surface area (Å²) in [5, 5.41) is 3.21. The molecule has 0 heterocycles. The lowest BCUT2D eigenvalue weighted by Crippen LogP contribution is -2.16. The predicted molar refractivity (Wildman–Crippen MR) is 62.6 cm³/mol. The molecule has 0 aliphatic carbocycles. The molecule has 0 aromatic heterocycles. The van der Waals surface area contributed by atoms with Gasteiger partial charge in [0.1, 0.15) is 0 Å². The molecule has 0 saturated heterocycles. The van der Waals surface area contributed by atoms with Gasteiger partial charge < -0.3 is 5.32 Å². The Hall–Kier alpha value is -0.820. The monoisotopic (exact) mass is 191 g/mol. The van der Waals surface area contributed by atoms with E-state index in [0.717, 1.165) is 12.5 Å². The van der Waals surface area contributed by atoms with Crippen molar-refractivity contribution in [1.82, 2.24) is 5.32 Å². The minimum absolute atomic E-state index is 0.765. The van der Waals surface area contributed by atoms with Crippen molar-refractivity contribution in [3.8, 4) is 0 Å². The number of hydrogen-bond donors (Lipinski definition) is 1. The lowest BCUT2D eigenvalue weighted by Gasteiger charge is -2.10. The second kappa shape index (κ2) is 5.82. The normalized spacial score (nSPS) is 12.8. The molecule has 1 unspecified atom stereocenters. The molecule has 1 atom stereocenters. The van der Waals surface area contributed by atoms with Gasteiger partial charge in [0.2, 0.25) is 0 Å². The summed E-state index contributed by atoms with van der Waals surface area (Å²) >= 11 is 0. The van der Waals surface area contributed by atoms with Gasteiger partial charge in [-0.1, -0.05) is 36.8 Å². The molecule has 1 N–H and O–H groups in total. The topological polar surface area (TPSA) is 12.0 Å². The summed E-state index contributed by atoms with van der Waals surface area (Å²) in [6, 6.07) is 8.86. The summed E-state index contributed by atoms with van der Waals surface area (Å²) in [5.74, 6) is 0.765. The molecule has 1 nitrogen and oxygen atoms in total. The van der Waals surface area contributed by atoms with Gasteiger partial charge >= 0.3 is 0 Å². The van der Waals surface area contributed by atoms with Gasteiger partial charge in [0.25, 0.3) is 0 Å². The molecule has 1 heteroatoms. The van der Waals surface area contributed by atoms with Crippen molar-refractivity contribution in [2.45, 2.75) is 26.7 Å². The van der Waals surface area contributed by atoms with Crippen molar-refractivity contribution >= 4 is 0 Å². The molecule has 0 amide bonds. The molecule has 1 rings (SSSR count). The van der Waals surface area contributed by atoms with Crippen LogP contribution in [0.25, 0.3) is 0 Å². The van der Waals surface area contributed by atoms with Gasteiger partial charge in [0, 0.05) is 0 Å². The van der Waals surface area contributed by atoms with E-state index in [2.05, 4.69) is 43.4 Å². The summed E-state index contributed by atoms with van der Waals surface area (Å²) in [5.41, 5.74) is 2.80. The summed E-state index contributed by atoms with van der Waals surface area (Å²) in [6.07, 6.45) is 2.47. The van der Waals surface area contributed by atoms with Gasteiger partial charge in [-0.2, -0.15) is 0 Å². The van der Waals surface area contributed by atoms with Crippen LogP contribution in [-0.4, -0.2) is 13.6 Å². The Morgan fingerprint density at radius 1 is 1.21 bits per heavy atom. The van der Waals surface area contributed by atoms with E-state index < -0.39 is 0 Å². The van der Waals surface area contributed by atoms with Crippen molar-refractivity contribution in [3.63, 3.8) is 0 Å². The van der Waals surface area contributed by atoms with Crippen LogP contribution in [-0.2, 0) is 6.42 Å². The van der Waals surface area contributed by atoms with E-state index in [9.17, 15) is 0 Å². The van der Waals surface area contributed by atoms with Crippen molar-refractivity contribution < 1.29 is 0 Å². The van der Waals surface area contributed by atoms with E-state index in [1.165, 1.54) is 24.0 Å². The quantitative estimate of drug-likeness (QED) is 0.754. The molecule has 14 heavy (non-hydrogen) atoms. The van der Waals surface area contributed by atoms with Crippen LogP contribution in [0, 0.1) is 12.8 Å². The molecular formula is C13H21N. The summed E-state index contributed by atoms with van der Waals surface area (Å²) in [7, 11) is 2.02. The lowest BCUT2D eigenvalue weighted by atomic mass is 10.0. The summed E-state index contributed by atoms with van der Waals surface area (Å²) in [4.78, 5) is 0. The van der Waals surface area contributed by atoms with Gasteiger partial charge in [-0.15, -0.1) is 0 Å². The average Bonchev–Trinajstić information content (AvgIpc) is 2.17. The number of nitrogens with one attached hydrogen (secondary N) is 1. The average molecular weight is 191 g/mol. The smallest absolute Gasteiger partial charge is 0.00260 e. The van der Waals surface area contributed by atoms with Crippen LogP contribution in [0.2, 0.25) is 0 Å². The third kappa shape index (κ3) is 3.93. The zero-order valence-electron chi connectivity index (χ0n) is 9.51. The van der Waals surface area contributed by atoms with Crippen LogP contribution in [0.5, 0.6) is 0 Å². The first-order valence-corrected chi connectivity index (χ1v) is 5.42. The number of hydrogen-bond acceptors (Lipinski definition) is 1. The highest BCUT2D eigenvalue weighted by Gasteiger charge is 2.00. The maximum Gasteiger partial charge on any atom is -0.00260 e. The minimum Gasteiger partial charge on any atom is -0.319 e. The maximum atomic E-state index is 3.21. The van der Waals surface area contributed by atoms with E-state index in [-0.39, 0.29) is 0 Å². The summed E-state index contributed by atoms with van der Waals surface area (Å²) in [6.45, 7) is 5.55. The SMILES string of the molecule is CNCC(C)CCc1ccc(C)cc1. The van der Waals surface area contributed by atoms with E-state index in [1.807, 2.05) is 7.05 Å². The molecule has 0 aliphatic heterocycles. The van der Waals surface area contributed by atoms with Crippen LogP contribution >= 0.6 is 0 Å². The first-order valence-electron chi connectivity index (χ1n) is 5.42. The van der Waals surface area contributed by atoms with Crippen molar-refractivity contribution in [3.05, 3.63) is 35.4 Å². The fraction of sp³-hybridized carbons (Fsp3) is 0.538. The Bertz CT molecular complexity index is 250. The highest BCUT2D eigenvalue weighted by atomic mass is 14.8. The maximum absolute atomic E-state index is 3.21. The van der Waals surface area contributed by atoms with E-state index in [4.69, 9.17) is 0 Å². The fourth-order valence-corrected chi connectivity index (χ4v) is 1.62. The first-order chi connectivity index (χ1) is 6.72. The fourth-order valence-electron chi connectivity index (χ4n) is 1.62. The first kappa shape index (κ1) is 11.3. The molecule has 0 spiro atoms. The Labute approximate surface area is 87.5 Å². The third-order valence-electron chi connectivity index (χ3n) is 2.60. The molecule has 0 aliphatic rings. The Morgan fingerprint density at radius 2 is 1.86 bits per heavy atom. The van der Waals surface area contributed by atoms with Gasteiger partial charge in [0.05, 0.1) is 0 Å². The standard InChI is InChI=1S/C13H21N/c1-11-4-7-13(8-5-11)9-6-12(2)10-14-3/h4-5,7-8,12,14H,6,9-10H2,1-3H3. The van der Waals surface area contributed by atoms with Crippen LogP contribution in [0.3, 0.4) is 0 Å². The largest absolute Gasteiger partial charge is 0.319 e. The predicted octanol–water partition coefficient (Wildman–Crippen LogP) is 2.78. The second-order valence-corrected chi connectivity index (χ2v) is 4.19. The van der Waals surface area contributed by atoms with E-state index >= 15 is 0 Å². The van der Waals surface area contributed by atoms with Crippen molar-refractivity contribution in [1.29, 1.82) is 0 Å². The minimum atomic E-state index is 0.765. The lowest BCUT2D eigenvalue weighted by molar-refractivity contribution is 0.505. The van der Waals surface area contributed by atoms with Crippen molar-refractivity contribution in [2.75, 3.05) is 13.6 Å². The van der Waals surface area contributed by atoms with E-state index in [0.29, 0.717) is 0 Å². The number of benzene rings is 1. The van der Waals surface area contributed by atoms with Crippen molar-refractivity contribution in [2.24, 2.45) is 5.92 Å². The molecule has 0 radical (unpaired) electrons. The molecular weight excluding hydrogens is 170 g/mol. The van der Waals surface area contributed by atoms with Crippen LogP contribution < -0.4 is 5.32 Å². The van der Waals surface area contributed by atoms with Crippen LogP contribution in [0.15, 0.2) is 24.3 Å². The molecule has 0 fully saturated rings. The van der Waals surface area contributed by atoms with Crippen LogP contribution in [0.1, 0.15) is 24.5 Å². The second-order valence-electron chi connectivity index (χ2n) is 4.19. The molecule has 1 aromatic carbocycles. The highest BCUT2D eigenvalue weighted by Crippen LogP contribution is 2.09. The molecule has 78 valence electrons. The number of rotatable bonds is 5. The molecule has 0 saturated carbocycles. The van der Waals surface area contributed by atoms with Gasteiger partial charge in [0.15, 0.2) is 0 Å². The Balaban J connectivity index is 2.34. The third-order valence-corrected chi connectivity index (χ3v) is 2.60. The molecule has 1 aromatic rings. The van der Waals surface area contributed by atoms with Gasteiger partial charge in [-0.3, -0.25) is 0 Å². The Morgan fingerprint density at radius 3 is 2.43 bits per heavy atom. The zero-order valence-corrected chi connectivity index (χ0v) is 9.51. The summed E-state index contributed by atoms with van der Waals surface area (Å²) < 4.78 is 0. The van der Waals surface area contributed by atoms with E-state index in [1.54, 1.807) is 0 Å². The molecule has 0 bridgehead atoms. The van der Waals surface area contributed by atoms with Gasteiger partial charge in [-0.25, -0.2) is 0 Å². The zero-order chi connectivity index (χ0) is 10.4. The van der Waals surface area contributed by atoms with Crippen LogP contribution in [0.4, 0.5) is 0 Å². The van der Waals surface area contributed by atoms with Gasteiger partial charge in [-0.05, 0) is 44.8 Å². The number of aryl methyl sites for hydroxylation is 2.